The smallest absolute Gasteiger partial charge is 0.341 e. The first-order chi connectivity index (χ1) is 11.1. The second-order valence-corrected chi connectivity index (χ2v) is 4.54. The fourth-order valence-corrected chi connectivity index (χ4v) is 1.72. The summed E-state index contributed by atoms with van der Waals surface area (Å²) >= 11 is 0. The fourth-order valence-electron chi connectivity index (χ4n) is 1.72. The second kappa shape index (κ2) is 7.60. The van der Waals surface area contributed by atoms with E-state index in [-0.39, 0.29) is 5.91 Å². The van der Waals surface area contributed by atoms with Crippen LogP contribution in [0.2, 0.25) is 0 Å². The summed E-state index contributed by atoms with van der Waals surface area (Å²) in [4.78, 5) is 22.4. The van der Waals surface area contributed by atoms with E-state index in [1.54, 1.807) is 48.5 Å². The fraction of sp³-hybridized carbons (Fsp3) is 0.0625. The molecule has 23 heavy (non-hydrogen) atoms. The van der Waals surface area contributed by atoms with Crippen molar-refractivity contribution < 1.29 is 19.4 Å². The van der Waals surface area contributed by atoms with Gasteiger partial charge >= 0.3 is 5.97 Å². The molecule has 0 heterocycles. The monoisotopic (exact) mass is 313 g/mol. The molecule has 0 bridgehead atoms. The van der Waals surface area contributed by atoms with Crippen LogP contribution >= 0.6 is 0 Å². The van der Waals surface area contributed by atoms with Gasteiger partial charge in [-0.25, -0.2) is 10.2 Å². The number of nitrogen functional groups attached to an aromatic ring is 1. The van der Waals surface area contributed by atoms with Gasteiger partial charge in [-0.3, -0.25) is 4.79 Å². The van der Waals surface area contributed by atoms with Crippen LogP contribution in [0.1, 0.15) is 15.9 Å². The molecule has 0 fully saturated rings. The lowest BCUT2D eigenvalue weighted by molar-refractivity contribution is -0.139. The van der Waals surface area contributed by atoms with Crippen molar-refractivity contribution in [2.45, 2.75) is 0 Å². The van der Waals surface area contributed by atoms with Gasteiger partial charge in [0.1, 0.15) is 5.75 Å². The quantitative estimate of drug-likeness (QED) is 0.425. The topological polar surface area (TPSA) is 114 Å². The number of carboxylic acids is 1. The van der Waals surface area contributed by atoms with Gasteiger partial charge in [-0.05, 0) is 36.4 Å². The maximum Gasteiger partial charge on any atom is 0.341 e. The Bertz CT molecular complexity index is 726. The van der Waals surface area contributed by atoms with Gasteiger partial charge in [-0.2, -0.15) is 5.10 Å². The highest BCUT2D eigenvalue weighted by Crippen LogP contribution is 2.15. The van der Waals surface area contributed by atoms with Crippen molar-refractivity contribution in [1.82, 2.24) is 5.43 Å². The first kappa shape index (κ1) is 16.0. The lowest BCUT2D eigenvalue weighted by Gasteiger charge is -2.06. The predicted octanol–water partition coefficient (Wildman–Crippen LogP) is 1.50. The SMILES string of the molecule is Nc1ccc(C(=O)N/N=C/c2ccccc2OCC(=O)O)cc1. The molecule has 0 radical (unpaired) electrons. The largest absolute Gasteiger partial charge is 0.481 e. The summed E-state index contributed by atoms with van der Waals surface area (Å²) in [6.07, 6.45) is 1.38. The number of benzene rings is 2. The molecule has 2 rings (SSSR count). The van der Waals surface area contributed by atoms with Crippen LogP contribution in [0.15, 0.2) is 53.6 Å². The number of nitrogens with one attached hydrogen (secondary N) is 1. The minimum atomic E-state index is -1.08. The van der Waals surface area contributed by atoms with E-state index in [4.69, 9.17) is 15.6 Å². The highest BCUT2D eigenvalue weighted by molar-refractivity contribution is 5.95. The minimum absolute atomic E-state index is 0.361. The van der Waals surface area contributed by atoms with Crippen molar-refractivity contribution in [3.05, 3.63) is 59.7 Å². The van der Waals surface area contributed by atoms with Gasteiger partial charge in [-0.15, -0.1) is 0 Å². The van der Waals surface area contributed by atoms with E-state index in [1.165, 1.54) is 6.21 Å². The number of carbonyl (C=O) groups excluding carboxylic acids is 1. The lowest BCUT2D eigenvalue weighted by Crippen LogP contribution is -2.17. The highest BCUT2D eigenvalue weighted by Gasteiger charge is 2.05. The van der Waals surface area contributed by atoms with Crippen molar-refractivity contribution in [3.8, 4) is 5.75 Å². The van der Waals surface area contributed by atoms with E-state index in [0.29, 0.717) is 22.6 Å². The number of para-hydroxylation sites is 1. The third kappa shape index (κ3) is 4.85. The van der Waals surface area contributed by atoms with Crippen LogP contribution in [0.4, 0.5) is 5.69 Å². The van der Waals surface area contributed by atoms with Crippen molar-refractivity contribution in [2.75, 3.05) is 12.3 Å². The molecule has 0 saturated heterocycles. The molecule has 0 aliphatic heterocycles. The van der Waals surface area contributed by atoms with Crippen molar-refractivity contribution in [1.29, 1.82) is 0 Å². The molecule has 4 N–H and O–H groups in total. The van der Waals surface area contributed by atoms with Crippen molar-refractivity contribution in [3.63, 3.8) is 0 Å². The summed E-state index contributed by atoms with van der Waals surface area (Å²) < 4.78 is 5.14. The third-order valence-corrected chi connectivity index (χ3v) is 2.81. The summed E-state index contributed by atoms with van der Waals surface area (Å²) in [6, 6.07) is 13.2. The number of amides is 1. The number of ether oxygens (including phenoxy) is 1. The standard InChI is InChI=1S/C16H15N3O4/c17-13-7-5-11(6-8-13)16(22)19-18-9-12-3-1-2-4-14(12)23-10-15(20)21/h1-9H,10,17H2,(H,19,22)(H,20,21)/b18-9+. The maximum atomic E-state index is 11.9. The molecule has 0 saturated carbocycles. The van der Waals surface area contributed by atoms with Gasteiger partial charge in [0.2, 0.25) is 0 Å². The molecular weight excluding hydrogens is 298 g/mol. The number of carbonyl (C=O) groups is 2. The number of hydrazone groups is 1. The average Bonchev–Trinajstić information content (AvgIpc) is 2.54. The highest BCUT2D eigenvalue weighted by atomic mass is 16.5. The number of hydrogen-bond donors (Lipinski definition) is 3. The molecule has 0 atom stereocenters. The van der Waals surface area contributed by atoms with Gasteiger partial charge in [0.25, 0.3) is 5.91 Å². The summed E-state index contributed by atoms with van der Waals surface area (Å²) in [5.41, 5.74) is 9.46. The van der Waals surface area contributed by atoms with Crippen LogP contribution in [0.5, 0.6) is 5.75 Å². The zero-order valence-corrected chi connectivity index (χ0v) is 12.1. The normalized spacial score (nSPS) is 10.4. The van der Waals surface area contributed by atoms with Crippen molar-refractivity contribution >= 4 is 23.8 Å². The summed E-state index contributed by atoms with van der Waals surface area (Å²) in [7, 11) is 0. The van der Waals surface area contributed by atoms with Crippen LogP contribution < -0.4 is 15.9 Å². The molecule has 0 unspecified atom stereocenters. The van der Waals surface area contributed by atoms with Gasteiger partial charge in [0, 0.05) is 16.8 Å². The average molecular weight is 313 g/mol. The number of carboxylic acid groups (broad SMARTS) is 1. The maximum absolute atomic E-state index is 11.9. The van der Waals surface area contributed by atoms with Gasteiger partial charge in [0.15, 0.2) is 6.61 Å². The van der Waals surface area contributed by atoms with Crippen molar-refractivity contribution in [2.24, 2.45) is 5.10 Å². The molecule has 0 aromatic heterocycles. The van der Waals surface area contributed by atoms with Crippen LogP contribution in [0, 0.1) is 0 Å². The van der Waals surface area contributed by atoms with E-state index >= 15 is 0 Å². The number of nitrogens with two attached hydrogens (primary N) is 1. The number of aliphatic carboxylic acids is 1. The van der Waals surface area contributed by atoms with E-state index in [9.17, 15) is 9.59 Å². The second-order valence-electron chi connectivity index (χ2n) is 4.54. The van der Waals surface area contributed by atoms with E-state index in [1.807, 2.05) is 0 Å². The number of rotatable bonds is 6. The number of hydrogen-bond acceptors (Lipinski definition) is 5. The molecular formula is C16H15N3O4. The molecule has 7 heteroatoms. The van der Waals surface area contributed by atoms with E-state index in [0.717, 1.165) is 0 Å². The van der Waals surface area contributed by atoms with Crippen LogP contribution in [-0.4, -0.2) is 29.8 Å². The zero-order chi connectivity index (χ0) is 16.7. The molecule has 1 amide bonds. The van der Waals surface area contributed by atoms with Crippen LogP contribution in [-0.2, 0) is 4.79 Å². The number of nitrogens with zero attached hydrogens (tertiary/aromatic N) is 1. The lowest BCUT2D eigenvalue weighted by atomic mass is 10.2. The van der Waals surface area contributed by atoms with Crippen LogP contribution in [0.3, 0.4) is 0 Å². The first-order valence-corrected chi connectivity index (χ1v) is 6.69. The Hall–Kier alpha value is -3.35. The molecule has 0 spiro atoms. The Morgan fingerprint density at radius 1 is 1.17 bits per heavy atom. The Kier molecular flexibility index (Phi) is 5.30. The van der Waals surface area contributed by atoms with Gasteiger partial charge < -0.3 is 15.6 Å². The molecule has 2 aromatic carbocycles. The first-order valence-electron chi connectivity index (χ1n) is 6.69. The summed E-state index contributed by atoms with van der Waals surface area (Å²) in [5, 5.41) is 12.5. The Morgan fingerprint density at radius 2 is 1.87 bits per heavy atom. The molecule has 7 nitrogen and oxygen atoms in total. The molecule has 0 aliphatic rings. The number of anilines is 1. The molecule has 2 aromatic rings. The third-order valence-electron chi connectivity index (χ3n) is 2.81. The summed E-state index contributed by atoms with van der Waals surface area (Å²) in [6.45, 7) is -0.456. The minimum Gasteiger partial charge on any atom is -0.481 e. The summed E-state index contributed by atoms with van der Waals surface area (Å²) in [5.74, 6) is -1.10. The Morgan fingerprint density at radius 3 is 2.57 bits per heavy atom. The molecule has 118 valence electrons. The van der Waals surface area contributed by atoms with Gasteiger partial charge in [-0.1, -0.05) is 12.1 Å². The van der Waals surface area contributed by atoms with Gasteiger partial charge in [0.05, 0.1) is 6.21 Å². The van der Waals surface area contributed by atoms with E-state index < -0.39 is 12.6 Å². The van der Waals surface area contributed by atoms with Crippen LogP contribution in [0.25, 0.3) is 0 Å². The Balaban J connectivity index is 2.01. The predicted molar refractivity (Wildman–Crippen MR) is 85.5 cm³/mol. The van der Waals surface area contributed by atoms with E-state index in [2.05, 4.69) is 10.5 Å². The zero-order valence-electron chi connectivity index (χ0n) is 12.1. The Labute approximate surface area is 132 Å². The molecule has 0 aliphatic carbocycles.